The number of hydrogen-bond acceptors (Lipinski definition) is 6. The molecule has 0 spiro atoms. The van der Waals surface area contributed by atoms with Gasteiger partial charge in [0, 0.05) is 19.7 Å². The number of methoxy groups -OCH3 is 1. The third-order valence-electron chi connectivity index (χ3n) is 3.11. The Hall–Kier alpha value is -1.43. The molecular formula is C12H21N5O. The standard InChI is InChI=1S/C12H21N5O/c1-18-8-7-13-12-16-11(9-14-17-12)15-10-5-3-2-4-6-10/h9-10H,2-8H2,1H3,(H2,13,15,16,17). The highest BCUT2D eigenvalue weighted by Gasteiger charge is 2.13. The maximum atomic E-state index is 4.96. The summed E-state index contributed by atoms with van der Waals surface area (Å²) in [5, 5.41) is 14.4. The summed E-state index contributed by atoms with van der Waals surface area (Å²) < 4.78 is 4.96. The zero-order valence-electron chi connectivity index (χ0n) is 10.9. The van der Waals surface area contributed by atoms with Crippen LogP contribution in [0.3, 0.4) is 0 Å². The van der Waals surface area contributed by atoms with Crippen molar-refractivity contribution in [1.82, 2.24) is 15.2 Å². The van der Waals surface area contributed by atoms with E-state index in [1.54, 1.807) is 13.3 Å². The van der Waals surface area contributed by atoms with E-state index < -0.39 is 0 Å². The maximum Gasteiger partial charge on any atom is 0.244 e. The molecule has 1 fully saturated rings. The quantitative estimate of drug-likeness (QED) is 0.749. The van der Waals surface area contributed by atoms with Crippen LogP contribution < -0.4 is 10.6 Å². The van der Waals surface area contributed by atoms with Crippen LogP contribution in [0.25, 0.3) is 0 Å². The van der Waals surface area contributed by atoms with Crippen LogP contribution in [-0.2, 0) is 4.74 Å². The lowest BCUT2D eigenvalue weighted by atomic mass is 9.96. The highest BCUT2D eigenvalue weighted by Crippen LogP contribution is 2.20. The summed E-state index contributed by atoms with van der Waals surface area (Å²) in [5.41, 5.74) is 0. The van der Waals surface area contributed by atoms with E-state index in [-0.39, 0.29) is 0 Å². The van der Waals surface area contributed by atoms with Crippen molar-refractivity contribution in [3.8, 4) is 0 Å². The lowest BCUT2D eigenvalue weighted by molar-refractivity contribution is 0.210. The first kappa shape index (κ1) is 13.0. The van der Waals surface area contributed by atoms with Gasteiger partial charge in [0.1, 0.15) is 0 Å². The molecule has 0 aromatic carbocycles. The Morgan fingerprint density at radius 3 is 2.94 bits per heavy atom. The summed E-state index contributed by atoms with van der Waals surface area (Å²) in [6, 6.07) is 0.530. The second-order valence-electron chi connectivity index (χ2n) is 4.56. The van der Waals surface area contributed by atoms with Gasteiger partial charge in [-0.25, -0.2) is 0 Å². The summed E-state index contributed by atoms with van der Waals surface area (Å²) in [6.07, 6.45) is 8.07. The highest BCUT2D eigenvalue weighted by molar-refractivity contribution is 5.37. The fraction of sp³-hybridized carbons (Fsp3) is 0.750. The van der Waals surface area contributed by atoms with Crippen LogP contribution in [0.1, 0.15) is 32.1 Å². The molecule has 0 amide bonds. The maximum absolute atomic E-state index is 4.96. The van der Waals surface area contributed by atoms with E-state index in [4.69, 9.17) is 4.74 Å². The highest BCUT2D eigenvalue weighted by atomic mass is 16.5. The van der Waals surface area contributed by atoms with Gasteiger partial charge in [0.2, 0.25) is 5.95 Å². The summed E-state index contributed by atoms with van der Waals surface area (Å²) in [7, 11) is 1.67. The molecule has 0 radical (unpaired) electrons. The molecule has 6 heteroatoms. The Bertz CT molecular complexity index is 354. The molecule has 6 nitrogen and oxygen atoms in total. The first-order valence-corrected chi connectivity index (χ1v) is 6.57. The van der Waals surface area contributed by atoms with Gasteiger partial charge in [-0.15, -0.1) is 5.10 Å². The topological polar surface area (TPSA) is 72.0 Å². The Kier molecular flexibility index (Phi) is 5.14. The molecule has 1 heterocycles. The molecule has 1 aliphatic rings. The Morgan fingerprint density at radius 1 is 1.33 bits per heavy atom. The number of aromatic nitrogens is 3. The van der Waals surface area contributed by atoms with Crippen LogP contribution >= 0.6 is 0 Å². The molecular weight excluding hydrogens is 230 g/mol. The lowest BCUT2D eigenvalue weighted by Crippen LogP contribution is -2.23. The molecule has 0 unspecified atom stereocenters. The van der Waals surface area contributed by atoms with Crippen LogP contribution in [0, 0.1) is 0 Å². The van der Waals surface area contributed by atoms with Crippen molar-refractivity contribution in [3.63, 3.8) is 0 Å². The molecule has 2 rings (SSSR count). The first-order valence-electron chi connectivity index (χ1n) is 6.57. The van der Waals surface area contributed by atoms with Gasteiger partial charge in [-0.3, -0.25) is 0 Å². The normalized spacial score (nSPS) is 16.5. The molecule has 1 aliphatic carbocycles. The predicted molar refractivity (Wildman–Crippen MR) is 70.7 cm³/mol. The minimum atomic E-state index is 0.530. The molecule has 2 N–H and O–H groups in total. The molecule has 1 saturated carbocycles. The van der Waals surface area contributed by atoms with Crippen molar-refractivity contribution < 1.29 is 4.74 Å². The van der Waals surface area contributed by atoms with E-state index in [2.05, 4.69) is 25.8 Å². The van der Waals surface area contributed by atoms with Crippen molar-refractivity contribution >= 4 is 11.8 Å². The van der Waals surface area contributed by atoms with Crippen molar-refractivity contribution in [2.24, 2.45) is 0 Å². The van der Waals surface area contributed by atoms with Gasteiger partial charge in [0.15, 0.2) is 5.82 Å². The summed E-state index contributed by atoms with van der Waals surface area (Å²) in [4.78, 5) is 4.39. The van der Waals surface area contributed by atoms with Crippen molar-refractivity contribution in [2.45, 2.75) is 38.1 Å². The molecule has 100 valence electrons. The van der Waals surface area contributed by atoms with Crippen molar-refractivity contribution in [3.05, 3.63) is 6.20 Å². The number of nitrogens with zero attached hydrogens (tertiary/aromatic N) is 3. The number of nitrogens with one attached hydrogen (secondary N) is 2. The van der Waals surface area contributed by atoms with Crippen LogP contribution in [0.15, 0.2) is 6.20 Å². The largest absolute Gasteiger partial charge is 0.383 e. The first-order chi connectivity index (χ1) is 8.88. The predicted octanol–water partition coefficient (Wildman–Crippen LogP) is 1.67. The number of anilines is 2. The van der Waals surface area contributed by atoms with E-state index in [1.165, 1.54) is 32.1 Å². The zero-order chi connectivity index (χ0) is 12.6. The van der Waals surface area contributed by atoms with Crippen molar-refractivity contribution in [2.75, 3.05) is 30.9 Å². The van der Waals surface area contributed by atoms with E-state index >= 15 is 0 Å². The summed E-state index contributed by atoms with van der Waals surface area (Å²) in [5.74, 6) is 1.35. The Morgan fingerprint density at radius 2 is 2.17 bits per heavy atom. The lowest BCUT2D eigenvalue weighted by Gasteiger charge is -2.23. The fourth-order valence-corrected chi connectivity index (χ4v) is 2.17. The minimum absolute atomic E-state index is 0.530. The minimum Gasteiger partial charge on any atom is -0.383 e. The molecule has 1 aromatic rings. The molecule has 18 heavy (non-hydrogen) atoms. The monoisotopic (exact) mass is 251 g/mol. The van der Waals surface area contributed by atoms with Gasteiger partial charge in [0.05, 0.1) is 12.8 Å². The fourth-order valence-electron chi connectivity index (χ4n) is 2.17. The van der Waals surface area contributed by atoms with E-state index in [0.29, 0.717) is 25.1 Å². The third-order valence-corrected chi connectivity index (χ3v) is 3.11. The number of ether oxygens (including phenoxy) is 1. The van der Waals surface area contributed by atoms with E-state index in [0.717, 1.165) is 5.82 Å². The van der Waals surface area contributed by atoms with Crippen LogP contribution in [-0.4, -0.2) is 41.5 Å². The zero-order valence-corrected chi connectivity index (χ0v) is 10.9. The van der Waals surface area contributed by atoms with Crippen LogP contribution in [0.5, 0.6) is 0 Å². The van der Waals surface area contributed by atoms with Gasteiger partial charge < -0.3 is 15.4 Å². The van der Waals surface area contributed by atoms with Gasteiger partial charge in [-0.05, 0) is 12.8 Å². The molecule has 1 aromatic heterocycles. The number of hydrogen-bond donors (Lipinski definition) is 2. The Balaban J connectivity index is 1.85. The Labute approximate surface area is 108 Å². The van der Waals surface area contributed by atoms with Crippen LogP contribution in [0.2, 0.25) is 0 Å². The smallest absolute Gasteiger partial charge is 0.244 e. The molecule has 0 bridgehead atoms. The molecule has 0 aliphatic heterocycles. The van der Waals surface area contributed by atoms with Gasteiger partial charge in [-0.2, -0.15) is 10.1 Å². The van der Waals surface area contributed by atoms with Gasteiger partial charge in [-0.1, -0.05) is 19.3 Å². The second kappa shape index (κ2) is 7.10. The average molecular weight is 251 g/mol. The van der Waals surface area contributed by atoms with Crippen molar-refractivity contribution in [1.29, 1.82) is 0 Å². The third kappa shape index (κ3) is 4.10. The average Bonchev–Trinajstić information content (AvgIpc) is 2.41. The summed E-state index contributed by atoms with van der Waals surface area (Å²) >= 11 is 0. The number of rotatable bonds is 6. The van der Waals surface area contributed by atoms with Gasteiger partial charge >= 0.3 is 0 Å². The van der Waals surface area contributed by atoms with E-state index in [1.807, 2.05) is 0 Å². The SMILES string of the molecule is COCCNc1nncc(NC2CCCCC2)n1. The van der Waals surface area contributed by atoms with E-state index in [9.17, 15) is 0 Å². The molecule has 0 saturated heterocycles. The van der Waals surface area contributed by atoms with Crippen LogP contribution in [0.4, 0.5) is 11.8 Å². The van der Waals surface area contributed by atoms with Gasteiger partial charge in [0.25, 0.3) is 0 Å². The molecule has 0 atom stereocenters. The second-order valence-corrected chi connectivity index (χ2v) is 4.56. The summed E-state index contributed by atoms with van der Waals surface area (Å²) in [6.45, 7) is 1.31.